The molecule has 4 nitrogen and oxygen atoms in total. The van der Waals surface area contributed by atoms with Crippen LogP contribution in [-0.4, -0.2) is 9.78 Å². The van der Waals surface area contributed by atoms with Crippen LogP contribution in [0.3, 0.4) is 0 Å². The lowest BCUT2D eigenvalue weighted by Gasteiger charge is -2.17. The quantitative estimate of drug-likeness (QED) is 0.641. The third-order valence-corrected chi connectivity index (χ3v) is 3.16. The molecular weight excluding hydrogens is 250 g/mol. The second-order valence-corrected chi connectivity index (χ2v) is 4.34. The average molecular weight is 266 g/mol. The van der Waals surface area contributed by atoms with Crippen molar-refractivity contribution in [3.8, 4) is 0 Å². The molecule has 1 atom stereocenters. The van der Waals surface area contributed by atoms with Gasteiger partial charge >= 0.3 is 0 Å². The van der Waals surface area contributed by atoms with Gasteiger partial charge in [0.15, 0.2) is 0 Å². The molecule has 2 aromatic rings. The van der Waals surface area contributed by atoms with Gasteiger partial charge in [-0.3, -0.25) is 16.0 Å². The van der Waals surface area contributed by atoms with E-state index in [1.165, 1.54) is 18.2 Å². The lowest BCUT2D eigenvalue weighted by atomic mass is 10.0. The second-order valence-electron chi connectivity index (χ2n) is 4.34. The Hall–Kier alpha value is -1.79. The van der Waals surface area contributed by atoms with Gasteiger partial charge in [-0.15, -0.1) is 0 Å². The topological polar surface area (TPSA) is 55.9 Å². The number of aromatic nitrogens is 2. The molecule has 1 unspecified atom stereocenters. The van der Waals surface area contributed by atoms with Crippen LogP contribution in [0.2, 0.25) is 0 Å². The Morgan fingerprint density at radius 2 is 2.00 bits per heavy atom. The van der Waals surface area contributed by atoms with E-state index in [9.17, 15) is 8.78 Å². The number of nitrogens with two attached hydrogens (primary N) is 1. The van der Waals surface area contributed by atoms with Crippen LogP contribution in [0.1, 0.15) is 23.7 Å². The first-order valence-corrected chi connectivity index (χ1v) is 6.00. The van der Waals surface area contributed by atoms with E-state index < -0.39 is 17.7 Å². The van der Waals surface area contributed by atoms with Gasteiger partial charge in [0.05, 0.1) is 6.04 Å². The lowest BCUT2D eigenvalue weighted by molar-refractivity contribution is 0.450. The number of hydrogen-bond donors (Lipinski definition) is 2. The summed E-state index contributed by atoms with van der Waals surface area (Å²) in [5.41, 5.74) is 3.43. The Labute approximate surface area is 110 Å². The predicted octanol–water partition coefficient (Wildman–Crippen LogP) is 1.84. The van der Waals surface area contributed by atoms with Crippen LogP contribution >= 0.6 is 0 Å². The maximum absolute atomic E-state index is 13.7. The summed E-state index contributed by atoms with van der Waals surface area (Å²) in [5, 5.41) is 4.05. The summed E-state index contributed by atoms with van der Waals surface area (Å²) in [6, 6.07) is 5.09. The molecule has 2 rings (SSSR count). The molecule has 0 aliphatic rings. The minimum atomic E-state index is -0.590. The number of nitrogens with zero attached hydrogens (tertiary/aromatic N) is 2. The lowest BCUT2D eigenvalue weighted by Crippen LogP contribution is -2.30. The van der Waals surface area contributed by atoms with Crippen LogP contribution < -0.4 is 11.3 Å². The molecule has 0 bridgehead atoms. The number of halogens is 2. The van der Waals surface area contributed by atoms with E-state index in [4.69, 9.17) is 5.84 Å². The van der Waals surface area contributed by atoms with Crippen molar-refractivity contribution >= 4 is 0 Å². The highest BCUT2D eigenvalue weighted by Gasteiger charge is 2.19. The van der Waals surface area contributed by atoms with Crippen LogP contribution in [0.15, 0.2) is 30.5 Å². The average Bonchev–Trinajstić information content (AvgIpc) is 2.78. The number of hydrogen-bond acceptors (Lipinski definition) is 3. The van der Waals surface area contributed by atoms with Crippen molar-refractivity contribution in [3.05, 3.63) is 53.4 Å². The highest BCUT2D eigenvalue weighted by Crippen LogP contribution is 2.24. The predicted molar refractivity (Wildman–Crippen MR) is 68.0 cm³/mol. The monoisotopic (exact) mass is 266 g/mol. The number of rotatable bonds is 5. The van der Waals surface area contributed by atoms with Crippen molar-refractivity contribution in [2.75, 3.05) is 0 Å². The minimum Gasteiger partial charge on any atom is -0.273 e. The van der Waals surface area contributed by atoms with E-state index >= 15 is 0 Å². The SMILES string of the molecule is Cn1nccc1CCC(NN)c1c(F)cccc1F. The van der Waals surface area contributed by atoms with Gasteiger partial charge in [-0.1, -0.05) is 6.07 Å². The largest absolute Gasteiger partial charge is 0.273 e. The van der Waals surface area contributed by atoms with Gasteiger partial charge in [0, 0.05) is 24.5 Å². The van der Waals surface area contributed by atoms with Gasteiger partial charge in [0.25, 0.3) is 0 Å². The van der Waals surface area contributed by atoms with Crippen molar-refractivity contribution < 1.29 is 8.78 Å². The van der Waals surface area contributed by atoms with Crippen LogP contribution in [0.4, 0.5) is 8.78 Å². The summed E-state index contributed by atoms with van der Waals surface area (Å²) < 4.78 is 29.1. The molecule has 0 amide bonds. The molecule has 0 saturated carbocycles. The van der Waals surface area contributed by atoms with Crippen LogP contribution in [0, 0.1) is 11.6 Å². The Morgan fingerprint density at radius 1 is 1.32 bits per heavy atom. The molecule has 0 aliphatic heterocycles. The molecule has 1 aromatic heterocycles. The Morgan fingerprint density at radius 3 is 2.53 bits per heavy atom. The highest BCUT2D eigenvalue weighted by atomic mass is 19.1. The molecule has 0 fully saturated rings. The molecule has 6 heteroatoms. The minimum absolute atomic E-state index is 0.0211. The van der Waals surface area contributed by atoms with Gasteiger partial charge < -0.3 is 0 Å². The van der Waals surface area contributed by atoms with E-state index in [1.807, 2.05) is 13.1 Å². The molecule has 0 spiro atoms. The third-order valence-electron chi connectivity index (χ3n) is 3.16. The van der Waals surface area contributed by atoms with Crippen molar-refractivity contribution in [2.24, 2.45) is 12.9 Å². The summed E-state index contributed by atoms with van der Waals surface area (Å²) in [7, 11) is 1.82. The summed E-state index contributed by atoms with van der Waals surface area (Å²) in [6.45, 7) is 0. The van der Waals surface area contributed by atoms with E-state index in [0.717, 1.165) is 5.69 Å². The second kappa shape index (κ2) is 5.90. The van der Waals surface area contributed by atoms with Crippen molar-refractivity contribution in [2.45, 2.75) is 18.9 Å². The Bertz CT molecular complexity index is 533. The van der Waals surface area contributed by atoms with E-state index in [2.05, 4.69) is 10.5 Å². The van der Waals surface area contributed by atoms with Gasteiger partial charge in [-0.2, -0.15) is 5.10 Å². The van der Waals surface area contributed by atoms with Crippen LogP contribution in [0.25, 0.3) is 0 Å². The smallest absolute Gasteiger partial charge is 0.130 e. The normalized spacial score (nSPS) is 12.6. The zero-order valence-corrected chi connectivity index (χ0v) is 10.6. The zero-order chi connectivity index (χ0) is 13.8. The number of hydrazine groups is 1. The first kappa shape index (κ1) is 13.6. The van der Waals surface area contributed by atoms with Crippen LogP contribution in [-0.2, 0) is 13.5 Å². The number of aryl methyl sites for hydroxylation is 2. The molecule has 3 N–H and O–H groups in total. The van der Waals surface area contributed by atoms with Gasteiger partial charge in [-0.25, -0.2) is 8.78 Å². The molecule has 0 aliphatic carbocycles. The first-order chi connectivity index (χ1) is 9.13. The molecule has 1 heterocycles. The van der Waals surface area contributed by atoms with E-state index in [-0.39, 0.29) is 5.56 Å². The molecule has 19 heavy (non-hydrogen) atoms. The Balaban J connectivity index is 2.15. The molecular formula is C13H16F2N4. The summed E-state index contributed by atoms with van der Waals surface area (Å²) in [5.74, 6) is 4.23. The fourth-order valence-corrected chi connectivity index (χ4v) is 2.09. The number of benzene rings is 1. The fraction of sp³-hybridized carbons (Fsp3) is 0.308. The van der Waals surface area contributed by atoms with E-state index in [0.29, 0.717) is 12.8 Å². The maximum atomic E-state index is 13.7. The maximum Gasteiger partial charge on any atom is 0.130 e. The van der Waals surface area contributed by atoms with Crippen molar-refractivity contribution in [1.29, 1.82) is 0 Å². The summed E-state index contributed by atoms with van der Waals surface area (Å²) in [4.78, 5) is 0. The molecule has 0 radical (unpaired) electrons. The molecule has 102 valence electrons. The van der Waals surface area contributed by atoms with Gasteiger partial charge in [0.1, 0.15) is 11.6 Å². The van der Waals surface area contributed by atoms with Crippen molar-refractivity contribution in [3.63, 3.8) is 0 Å². The zero-order valence-electron chi connectivity index (χ0n) is 10.6. The fourth-order valence-electron chi connectivity index (χ4n) is 2.09. The number of nitrogens with one attached hydrogen (secondary N) is 1. The van der Waals surface area contributed by atoms with Gasteiger partial charge in [-0.05, 0) is 31.0 Å². The molecule has 0 saturated heterocycles. The first-order valence-electron chi connectivity index (χ1n) is 6.00. The van der Waals surface area contributed by atoms with Crippen LogP contribution in [0.5, 0.6) is 0 Å². The van der Waals surface area contributed by atoms with Crippen molar-refractivity contribution in [1.82, 2.24) is 15.2 Å². The summed E-state index contributed by atoms with van der Waals surface area (Å²) >= 11 is 0. The van der Waals surface area contributed by atoms with Gasteiger partial charge in [0.2, 0.25) is 0 Å². The summed E-state index contributed by atoms with van der Waals surface area (Å²) in [6.07, 6.45) is 2.79. The standard InChI is InChI=1S/C13H16F2N4/c1-19-9(7-8-17-19)5-6-12(18-16)13-10(14)3-2-4-11(13)15/h2-4,7-8,12,18H,5-6,16H2,1H3. The molecule has 1 aromatic carbocycles. The highest BCUT2D eigenvalue weighted by molar-refractivity contribution is 5.23. The Kier molecular flexibility index (Phi) is 4.24. The third kappa shape index (κ3) is 2.97. The van der Waals surface area contributed by atoms with E-state index in [1.54, 1.807) is 10.9 Å².